The average molecular weight is 320 g/mol. The van der Waals surface area contributed by atoms with Crippen LogP contribution in [0.2, 0.25) is 0 Å². The van der Waals surface area contributed by atoms with Crippen LogP contribution in [0.1, 0.15) is 49.3 Å². The number of rotatable bonds is 5. The van der Waals surface area contributed by atoms with Crippen molar-refractivity contribution in [3.05, 3.63) is 45.8 Å². The number of nitrogens with zero attached hydrogens (tertiary/aromatic N) is 2. The Hall–Kier alpha value is -2.57. The van der Waals surface area contributed by atoms with Crippen molar-refractivity contribution in [3.8, 4) is 5.75 Å². The molecule has 7 heteroatoms. The van der Waals surface area contributed by atoms with Gasteiger partial charge in [-0.15, -0.1) is 0 Å². The minimum atomic E-state index is -0.650. The van der Waals surface area contributed by atoms with E-state index in [-0.39, 0.29) is 18.2 Å². The number of hydrogen-bond acceptors (Lipinski definition) is 6. The zero-order valence-corrected chi connectivity index (χ0v) is 13.6. The smallest absolute Gasteiger partial charge is 0.306 e. The summed E-state index contributed by atoms with van der Waals surface area (Å²) in [6, 6.07) is 1.34. The number of aromatic nitrogens is 2. The molecule has 0 aliphatic heterocycles. The molecule has 0 unspecified atom stereocenters. The first-order valence-electron chi connectivity index (χ1n) is 7.28. The van der Waals surface area contributed by atoms with Gasteiger partial charge >= 0.3 is 5.97 Å². The first kappa shape index (κ1) is 16.8. The molecule has 0 saturated heterocycles. The molecule has 1 atom stereocenters. The average Bonchev–Trinajstić information content (AvgIpc) is 2.98. The zero-order valence-electron chi connectivity index (χ0n) is 13.6. The monoisotopic (exact) mass is 320 g/mol. The summed E-state index contributed by atoms with van der Waals surface area (Å²) in [5.74, 6) is -1.22. The largest absolute Gasteiger partial charge is 0.502 e. The molecule has 1 N–H and O–H groups in total. The van der Waals surface area contributed by atoms with Crippen molar-refractivity contribution in [2.24, 2.45) is 0 Å². The fourth-order valence-electron chi connectivity index (χ4n) is 2.29. The van der Waals surface area contributed by atoms with E-state index in [4.69, 9.17) is 9.15 Å². The lowest BCUT2D eigenvalue weighted by molar-refractivity contribution is -0.140. The molecule has 0 radical (unpaired) electrons. The van der Waals surface area contributed by atoms with E-state index in [9.17, 15) is 14.7 Å². The summed E-state index contributed by atoms with van der Waals surface area (Å²) in [4.78, 5) is 23.6. The topological polar surface area (TPSA) is 94.6 Å². The fourth-order valence-corrected chi connectivity index (χ4v) is 2.29. The summed E-state index contributed by atoms with van der Waals surface area (Å²) in [5.41, 5.74) is 0.114. The highest BCUT2D eigenvalue weighted by molar-refractivity contribution is 5.71. The predicted octanol–water partition coefficient (Wildman–Crippen LogP) is 2.13. The molecule has 0 amide bonds. The number of ether oxygens (including phenoxy) is 1. The van der Waals surface area contributed by atoms with Crippen molar-refractivity contribution in [2.45, 2.75) is 39.2 Å². The second-order valence-corrected chi connectivity index (χ2v) is 5.61. The molecular weight excluding hydrogens is 300 g/mol. The maximum absolute atomic E-state index is 11.8. The summed E-state index contributed by atoms with van der Waals surface area (Å²) in [7, 11) is 1.28. The van der Waals surface area contributed by atoms with Crippen LogP contribution < -0.4 is 5.43 Å². The molecule has 23 heavy (non-hydrogen) atoms. The Morgan fingerprint density at radius 2 is 2.17 bits per heavy atom. The lowest BCUT2D eigenvalue weighted by Crippen LogP contribution is -2.13. The van der Waals surface area contributed by atoms with Crippen LogP contribution >= 0.6 is 0 Å². The quantitative estimate of drug-likeness (QED) is 0.848. The van der Waals surface area contributed by atoms with E-state index in [1.807, 2.05) is 13.8 Å². The van der Waals surface area contributed by atoms with E-state index in [0.29, 0.717) is 11.3 Å². The highest BCUT2D eigenvalue weighted by Gasteiger charge is 2.27. The number of aryl methyl sites for hydroxylation is 1. The molecule has 7 nitrogen and oxygen atoms in total. The third-order valence-electron chi connectivity index (χ3n) is 3.54. The molecule has 0 aromatic carbocycles. The molecule has 2 heterocycles. The fraction of sp³-hybridized carbons (Fsp3) is 0.438. The number of carbonyl (C=O) groups is 1. The van der Waals surface area contributed by atoms with Gasteiger partial charge in [0.15, 0.2) is 5.76 Å². The van der Waals surface area contributed by atoms with Crippen LogP contribution in [0.25, 0.3) is 0 Å². The van der Waals surface area contributed by atoms with Gasteiger partial charge in [0, 0.05) is 23.9 Å². The van der Waals surface area contributed by atoms with Crippen LogP contribution in [-0.4, -0.2) is 28.0 Å². The second kappa shape index (κ2) is 6.68. The van der Waals surface area contributed by atoms with Crippen LogP contribution in [-0.2, 0) is 9.53 Å². The van der Waals surface area contributed by atoms with Crippen LogP contribution in [0.4, 0.5) is 0 Å². The van der Waals surface area contributed by atoms with Gasteiger partial charge in [-0.2, -0.15) is 5.10 Å². The van der Waals surface area contributed by atoms with E-state index in [1.165, 1.54) is 13.2 Å². The van der Waals surface area contributed by atoms with Gasteiger partial charge in [-0.1, -0.05) is 0 Å². The van der Waals surface area contributed by atoms with Gasteiger partial charge in [0.1, 0.15) is 5.76 Å². The standard InChI is InChI=1S/C16H20N2O5/c1-9(2)18-8-11(7-17-18)12(6-14(20)22-4)16-15(21)13(19)5-10(3)23-16/h5,7-9,12,21H,6H2,1-4H3/t12-/m1/s1. The van der Waals surface area contributed by atoms with Crippen LogP contribution in [0.3, 0.4) is 0 Å². The summed E-state index contributed by atoms with van der Waals surface area (Å²) in [6.07, 6.45) is 3.29. The molecule has 0 aliphatic rings. The summed E-state index contributed by atoms with van der Waals surface area (Å²) >= 11 is 0. The lowest BCUT2D eigenvalue weighted by Gasteiger charge is -2.15. The Balaban J connectivity index is 2.54. The minimum absolute atomic E-state index is 0.0451. The molecule has 2 aromatic rings. The van der Waals surface area contributed by atoms with Gasteiger partial charge in [0.05, 0.1) is 25.6 Å². The van der Waals surface area contributed by atoms with Gasteiger partial charge in [-0.05, 0) is 20.8 Å². The minimum Gasteiger partial charge on any atom is -0.502 e. The molecule has 2 aromatic heterocycles. The van der Waals surface area contributed by atoms with Crippen molar-refractivity contribution < 1.29 is 19.1 Å². The first-order chi connectivity index (χ1) is 10.8. The SMILES string of the molecule is COC(=O)C[C@H](c1cnn(C(C)C)c1)c1oc(C)cc(=O)c1O. The molecule has 0 fully saturated rings. The summed E-state index contributed by atoms with van der Waals surface area (Å²) in [5, 5.41) is 14.3. The maximum atomic E-state index is 11.8. The molecule has 0 saturated carbocycles. The number of hydrogen-bond donors (Lipinski definition) is 1. The molecule has 124 valence electrons. The second-order valence-electron chi connectivity index (χ2n) is 5.61. The van der Waals surface area contributed by atoms with Gasteiger partial charge in [-0.25, -0.2) is 0 Å². The third-order valence-corrected chi connectivity index (χ3v) is 3.54. The van der Waals surface area contributed by atoms with Crippen LogP contribution in [0.15, 0.2) is 27.7 Å². The number of carbonyl (C=O) groups excluding carboxylic acids is 1. The summed E-state index contributed by atoms with van der Waals surface area (Å²) in [6.45, 7) is 5.55. The number of methoxy groups -OCH3 is 1. The van der Waals surface area contributed by atoms with E-state index in [2.05, 4.69) is 5.10 Å². The zero-order chi connectivity index (χ0) is 17.1. The van der Waals surface area contributed by atoms with Crippen molar-refractivity contribution >= 4 is 5.97 Å². The predicted molar refractivity (Wildman–Crippen MR) is 82.5 cm³/mol. The maximum Gasteiger partial charge on any atom is 0.306 e. The van der Waals surface area contributed by atoms with Gasteiger partial charge in [0.2, 0.25) is 11.2 Å². The Labute approximate surface area is 133 Å². The van der Waals surface area contributed by atoms with E-state index in [0.717, 1.165) is 0 Å². The van der Waals surface area contributed by atoms with Crippen LogP contribution in [0.5, 0.6) is 5.75 Å². The van der Waals surface area contributed by atoms with E-state index >= 15 is 0 Å². The van der Waals surface area contributed by atoms with Crippen molar-refractivity contribution in [1.29, 1.82) is 0 Å². The number of esters is 1. The van der Waals surface area contributed by atoms with Crippen molar-refractivity contribution in [2.75, 3.05) is 7.11 Å². The molecule has 0 aliphatic carbocycles. The Bertz CT molecular complexity index is 760. The molecule has 0 bridgehead atoms. The van der Waals surface area contributed by atoms with Crippen molar-refractivity contribution in [3.63, 3.8) is 0 Å². The molecular formula is C16H20N2O5. The molecule has 0 spiro atoms. The Morgan fingerprint density at radius 1 is 1.48 bits per heavy atom. The molecule has 2 rings (SSSR count). The Kier molecular flexibility index (Phi) is 4.88. The van der Waals surface area contributed by atoms with Crippen molar-refractivity contribution in [1.82, 2.24) is 9.78 Å². The normalized spacial score (nSPS) is 12.4. The highest BCUT2D eigenvalue weighted by atomic mass is 16.5. The van der Waals surface area contributed by atoms with Gasteiger partial charge < -0.3 is 14.3 Å². The number of aromatic hydroxyl groups is 1. The van der Waals surface area contributed by atoms with Crippen LogP contribution in [0, 0.1) is 6.92 Å². The highest BCUT2D eigenvalue weighted by Crippen LogP contribution is 2.33. The summed E-state index contributed by atoms with van der Waals surface area (Å²) < 4.78 is 12.0. The van der Waals surface area contributed by atoms with E-state index in [1.54, 1.807) is 24.0 Å². The van der Waals surface area contributed by atoms with E-state index < -0.39 is 23.1 Å². The Morgan fingerprint density at radius 3 is 2.74 bits per heavy atom. The van der Waals surface area contributed by atoms with Gasteiger partial charge in [-0.3, -0.25) is 14.3 Å². The van der Waals surface area contributed by atoms with Gasteiger partial charge in [0.25, 0.3) is 0 Å². The third kappa shape index (κ3) is 3.61. The first-order valence-corrected chi connectivity index (χ1v) is 7.28. The lowest BCUT2D eigenvalue weighted by atomic mass is 9.94.